The lowest BCUT2D eigenvalue weighted by atomic mass is 9.83. The molecule has 0 aromatic carbocycles. The molecule has 2 aliphatic rings. The first kappa shape index (κ1) is 10.9. The van der Waals surface area contributed by atoms with E-state index in [1.165, 1.54) is 25.7 Å². The van der Waals surface area contributed by atoms with Crippen molar-refractivity contribution in [1.82, 2.24) is 10.6 Å². The zero-order valence-electron chi connectivity index (χ0n) is 9.59. The van der Waals surface area contributed by atoms with E-state index in [-0.39, 0.29) is 11.8 Å². The molecular weight excluding hydrogens is 188 g/mol. The van der Waals surface area contributed by atoms with E-state index in [1.54, 1.807) is 0 Å². The summed E-state index contributed by atoms with van der Waals surface area (Å²) in [5.41, 5.74) is 0. The van der Waals surface area contributed by atoms with Crippen LogP contribution in [-0.2, 0) is 4.79 Å². The number of carbonyl (C=O) groups is 1. The van der Waals surface area contributed by atoms with Crippen LogP contribution >= 0.6 is 0 Å². The highest BCUT2D eigenvalue weighted by Gasteiger charge is 2.29. The van der Waals surface area contributed by atoms with Crippen molar-refractivity contribution in [3.8, 4) is 0 Å². The third kappa shape index (κ3) is 2.71. The highest BCUT2D eigenvalue weighted by atomic mass is 16.1. The molecule has 2 atom stereocenters. The number of hydrogen-bond donors (Lipinski definition) is 2. The summed E-state index contributed by atoms with van der Waals surface area (Å²) in [4.78, 5) is 11.8. The molecule has 0 radical (unpaired) electrons. The molecule has 2 unspecified atom stereocenters. The first-order valence-electron chi connectivity index (χ1n) is 6.28. The summed E-state index contributed by atoms with van der Waals surface area (Å²) in [5.74, 6) is 1.35. The van der Waals surface area contributed by atoms with Gasteiger partial charge >= 0.3 is 0 Å². The van der Waals surface area contributed by atoms with Crippen LogP contribution in [0.1, 0.15) is 39.0 Å². The van der Waals surface area contributed by atoms with Crippen LogP contribution in [0.3, 0.4) is 0 Å². The van der Waals surface area contributed by atoms with Crippen LogP contribution in [0.2, 0.25) is 0 Å². The quantitative estimate of drug-likeness (QED) is 0.734. The van der Waals surface area contributed by atoms with Crippen molar-refractivity contribution in [3.63, 3.8) is 0 Å². The van der Waals surface area contributed by atoms with E-state index in [2.05, 4.69) is 17.6 Å². The summed E-state index contributed by atoms with van der Waals surface area (Å²) in [6.45, 7) is 3.97. The van der Waals surface area contributed by atoms with Crippen molar-refractivity contribution < 1.29 is 4.79 Å². The van der Waals surface area contributed by atoms with Gasteiger partial charge in [0.25, 0.3) is 0 Å². The zero-order chi connectivity index (χ0) is 10.7. The molecular formula is C12H22N2O. The Morgan fingerprint density at radius 2 is 2.20 bits per heavy atom. The zero-order valence-corrected chi connectivity index (χ0v) is 9.59. The number of amides is 1. The molecule has 1 saturated heterocycles. The second-order valence-electron chi connectivity index (χ2n) is 5.01. The maximum Gasteiger partial charge on any atom is 0.224 e. The Bertz CT molecular complexity index is 226. The van der Waals surface area contributed by atoms with E-state index in [9.17, 15) is 4.79 Å². The van der Waals surface area contributed by atoms with E-state index in [0.29, 0.717) is 6.04 Å². The predicted octanol–water partition coefficient (Wildman–Crippen LogP) is 1.29. The van der Waals surface area contributed by atoms with Gasteiger partial charge in [-0.1, -0.05) is 19.3 Å². The Morgan fingerprint density at radius 1 is 1.40 bits per heavy atom. The summed E-state index contributed by atoms with van der Waals surface area (Å²) >= 11 is 0. The summed E-state index contributed by atoms with van der Waals surface area (Å²) in [7, 11) is 0. The molecule has 86 valence electrons. The van der Waals surface area contributed by atoms with E-state index in [1.807, 2.05) is 0 Å². The minimum absolute atomic E-state index is 0.200. The largest absolute Gasteiger partial charge is 0.356 e. The second kappa shape index (κ2) is 4.97. The van der Waals surface area contributed by atoms with Crippen molar-refractivity contribution >= 4 is 5.91 Å². The fourth-order valence-electron chi connectivity index (χ4n) is 2.53. The molecule has 3 heteroatoms. The summed E-state index contributed by atoms with van der Waals surface area (Å²) in [5, 5.41) is 6.39. The average molecular weight is 210 g/mol. The van der Waals surface area contributed by atoms with Gasteiger partial charge in [0.2, 0.25) is 5.91 Å². The maximum atomic E-state index is 11.8. The third-order valence-corrected chi connectivity index (χ3v) is 3.94. The molecule has 0 aromatic rings. The van der Waals surface area contributed by atoms with Crippen LogP contribution < -0.4 is 10.6 Å². The minimum atomic E-state index is 0.200. The maximum absolute atomic E-state index is 11.8. The normalized spacial score (nSPS) is 31.3. The molecule has 15 heavy (non-hydrogen) atoms. The second-order valence-corrected chi connectivity index (χ2v) is 5.01. The lowest BCUT2D eigenvalue weighted by molar-refractivity contribution is -0.125. The summed E-state index contributed by atoms with van der Waals surface area (Å²) < 4.78 is 0. The fourth-order valence-corrected chi connectivity index (χ4v) is 2.53. The Hall–Kier alpha value is -0.570. The Kier molecular flexibility index (Phi) is 3.62. The van der Waals surface area contributed by atoms with Crippen molar-refractivity contribution in [2.75, 3.05) is 13.1 Å². The molecule has 1 aliphatic carbocycles. The highest BCUT2D eigenvalue weighted by Crippen LogP contribution is 2.28. The molecule has 0 aromatic heterocycles. The van der Waals surface area contributed by atoms with Gasteiger partial charge in [0.15, 0.2) is 0 Å². The lowest BCUT2D eigenvalue weighted by Crippen LogP contribution is -2.37. The van der Waals surface area contributed by atoms with Crippen molar-refractivity contribution in [3.05, 3.63) is 0 Å². The van der Waals surface area contributed by atoms with Crippen molar-refractivity contribution in [2.24, 2.45) is 11.8 Å². The van der Waals surface area contributed by atoms with Gasteiger partial charge < -0.3 is 10.6 Å². The Morgan fingerprint density at radius 3 is 2.73 bits per heavy atom. The summed E-state index contributed by atoms with van der Waals surface area (Å²) in [6.07, 6.45) is 6.31. The third-order valence-electron chi connectivity index (χ3n) is 3.94. The van der Waals surface area contributed by atoms with Crippen molar-refractivity contribution in [1.29, 1.82) is 0 Å². The smallest absolute Gasteiger partial charge is 0.224 e. The molecule has 1 saturated carbocycles. The molecule has 0 spiro atoms. The fraction of sp³-hybridized carbons (Fsp3) is 0.917. The Balaban J connectivity index is 1.63. The van der Waals surface area contributed by atoms with Crippen LogP contribution in [0, 0.1) is 11.8 Å². The Labute approximate surface area is 92.0 Å². The van der Waals surface area contributed by atoms with Gasteiger partial charge in [-0.2, -0.15) is 0 Å². The van der Waals surface area contributed by atoms with Gasteiger partial charge in [0.05, 0.1) is 5.92 Å². The lowest BCUT2D eigenvalue weighted by Gasteiger charge is -2.25. The minimum Gasteiger partial charge on any atom is -0.356 e. The summed E-state index contributed by atoms with van der Waals surface area (Å²) in [6, 6.07) is 0.355. The van der Waals surface area contributed by atoms with Gasteiger partial charge in [-0.15, -0.1) is 0 Å². The number of nitrogens with one attached hydrogen (secondary N) is 2. The molecule has 1 aliphatic heterocycles. The van der Waals surface area contributed by atoms with E-state index < -0.39 is 0 Å². The van der Waals surface area contributed by atoms with E-state index >= 15 is 0 Å². The van der Waals surface area contributed by atoms with Gasteiger partial charge in [0, 0.05) is 12.6 Å². The van der Waals surface area contributed by atoms with Gasteiger partial charge in [-0.05, 0) is 32.2 Å². The first-order valence-corrected chi connectivity index (χ1v) is 6.28. The predicted molar refractivity (Wildman–Crippen MR) is 60.5 cm³/mol. The number of rotatable bonds is 4. The molecule has 0 bridgehead atoms. The molecule has 1 amide bonds. The van der Waals surface area contributed by atoms with Crippen LogP contribution in [0.15, 0.2) is 0 Å². The molecule has 3 nitrogen and oxygen atoms in total. The number of hydrogen-bond acceptors (Lipinski definition) is 2. The monoisotopic (exact) mass is 210 g/mol. The van der Waals surface area contributed by atoms with Crippen LogP contribution in [0.25, 0.3) is 0 Å². The molecule has 1 heterocycles. The highest BCUT2D eigenvalue weighted by molar-refractivity contribution is 5.79. The van der Waals surface area contributed by atoms with Gasteiger partial charge in [0.1, 0.15) is 0 Å². The van der Waals surface area contributed by atoms with E-state index in [0.717, 1.165) is 25.4 Å². The van der Waals surface area contributed by atoms with Crippen LogP contribution in [0.5, 0.6) is 0 Å². The van der Waals surface area contributed by atoms with Crippen LogP contribution in [-0.4, -0.2) is 25.0 Å². The van der Waals surface area contributed by atoms with Gasteiger partial charge in [-0.3, -0.25) is 4.79 Å². The SMILES string of the molecule is CC1NCCC1C(=O)NCCC1CCC1. The molecule has 2 rings (SSSR count). The van der Waals surface area contributed by atoms with Gasteiger partial charge in [-0.25, -0.2) is 0 Å². The molecule has 2 N–H and O–H groups in total. The first-order chi connectivity index (χ1) is 7.27. The van der Waals surface area contributed by atoms with Crippen LogP contribution in [0.4, 0.5) is 0 Å². The van der Waals surface area contributed by atoms with E-state index in [4.69, 9.17) is 0 Å². The molecule has 2 fully saturated rings. The topological polar surface area (TPSA) is 41.1 Å². The number of carbonyl (C=O) groups excluding carboxylic acids is 1. The standard InChI is InChI=1S/C12H22N2O/c1-9-11(6-8-13-9)12(15)14-7-5-10-3-2-4-10/h9-11,13H,2-8H2,1H3,(H,14,15). The van der Waals surface area contributed by atoms with Crippen molar-refractivity contribution in [2.45, 2.75) is 45.1 Å². The average Bonchev–Trinajstić information content (AvgIpc) is 2.55.